The minimum absolute atomic E-state index is 0.451. The zero-order chi connectivity index (χ0) is 14.2. The molecule has 3 heteroatoms. The first-order valence-corrected chi connectivity index (χ1v) is 8.43. The molecule has 2 nitrogen and oxygen atoms in total. The molecule has 1 N–H and O–H groups in total. The summed E-state index contributed by atoms with van der Waals surface area (Å²) in [6.07, 6.45) is 6.88. The van der Waals surface area contributed by atoms with Crippen molar-refractivity contribution in [3.63, 3.8) is 0 Å². The van der Waals surface area contributed by atoms with Crippen LogP contribution >= 0.6 is 15.9 Å². The summed E-state index contributed by atoms with van der Waals surface area (Å²) in [5.74, 6) is 2.83. The fourth-order valence-corrected chi connectivity index (χ4v) is 4.99. The maximum Gasteiger partial charge on any atom is 0.119 e. The van der Waals surface area contributed by atoms with E-state index in [2.05, 4.69) is 40.4 Å². The molecule has 0 aliphatic heterocycles. The Morgan fingerprint density at radius 2 is 2.25 bits per heavy atom. The van der Waals surface area contributed by atoms with Crippen LogP contribution in [0, 0.1) is 17.3 Å². The van der Waals surface area contributed by atoms with Crippen LogP contribution in [0.2, 0.25) is 0 Å². The quantitative estimate of drug-likeness (QED) is 0.875. The molecule has 2 aliphatic carbocycles. The lowest BCUT2D eigenvalue weighted by Crippen LogP contribution is -2.39. The Balaban J connectivity index is 1.87. The van der Waals surface area contributed by atoms with E-state index in [0.717, 1.165) is 30.6 Å². The third-order valence-corrected chi connectivity index (χ3v) is 6.20. The Hall–Kier alpha value is -0.540. The van der Waals surface area contributed by atoms with E-state index >= 15 is 0 Å². The summed E-state index contributed by atoms with van der Waals surface area (Å²) in [7, 11) is 3.84. The molecule has 2 fully saturated rings. The highest BCUT2D eigenvalue weighted by molar-refractivity contribution is 9.10. The minimum atomic E-state index is 0.451. The lowest BCUT2D eigenvalue weighted by atomic mass is 9.69. The van der Waals surface area contributed by atoms with E-state index in [-0.39, 0.29) is 0 Å². The Morgan fingerprint density at radius 1 is 1.40 bits per heavy atom. The smallest absolute Gasteiger partial charge is 0.119 e. The molecule has 3 unspecified atom stereocenters. The molecule has 0 spiro atoms. The maximum atomic E-state index is 5.39. The van der Waals surface area contributed by atoms with Crippen molar-refractivity contribution in [3.05, 3.63) is 28.2 Å². The second-order valence-corrected chi connectivity index (χ2v) is 7.46. The molecule has 0 heterocycles. The van der Waals surface area contributed by atoms with Gasteiger partial charge in [-0.2, -0.15) is 0 Å². The van der Waals surface area contributed by atoms with Crippen LogP contribution in [-0.4, -0.2) is 20.7 Å². The second kappa shape index (κ2) is 5.69. The van der Waals surface area contributed by atoms with Gasteiger partial charge in [-0.1, -0.05) is 22.4 Å². The van der Waals surface area contributed by atoms with E-state index in [1.54, 1.807) is 7.11 Å². The highest BCUT2D eigenvalue weighted by Crippen LogP contribution is 2.57. The Morgan fingerprint density at radius 3 is 2.85 bits per heavy atom. The van der Waals surface area contributed by atoms with Gasteiger partial charge in [-0.15, -0.1) is 0 Å². The summed E-state index contributed by atoms with van der Waals surface area (Å²) >= 11 is 3.72. The van der Waals surface area contributed by atoms with E-state index in [9.17, 15) is 0 Å². The molecule has 0 radical (unpaired) electrons. The first-order valence-electron chi connectivity index (χ1n) is 7.64. The summed E-state index contributed by atoms with van der Waals surface area (Å²) in [6.45, 7) is 1.14. The van der Waals surface area contributed by atoms with Gasteiger partial charge in [0.1, 0.15) is 5.75 Å². The molecular formula is C17H24BrNO. The fraction of sp³-hybridized carbons (Fsp3) is 0.647. The lowest BCUT2D eigenvalue weighted by Gasteiger charge is -2.38. The monoisotopic (exact) mass is 337 g/mol. The molecule has 2 saturated carbocycles. The SMILES string of the molecule is CNCC1(Cc2cc(OC)ccc2Br)CC2CCC1C2. The van der Waals surface area contributed by atoms with Gasteiger partial charge in [0, 0.05) is 11.0 Å². The molecule has 3 rings (SSSR count). The van der Waals surface area contributed by atoms with Crippen molar-refractivity contribution >= 4 is 15.9 Å². The van der Waals surface area contributed by atoms with Gasteiger partial charge < -0.3 is 10.1 Å². The van der Waals surface area contributed by atoms with Crippen molar-refractivity contribution in [2.75, 3.05) is 20.7 Å². The minimum Gasteiger partial charge on any atom is -0.497 e. The average molecular weight is 338 g/mol. The first kappa shape index (κ1) is 14.4. The number of benzene rings is 1. The van der Waals surface area contributed by atoms with Crippen molar-refractivity contribution in [3.8, 4) is 5.75 Å². The Bertz CT molecular complexity index is 490. The molecule has 110 valence electrons. The van der Waals surface area contributed by atoms with Gasteiger partial charge in [0.2, 0.25) is 0 Å². The van der Waals surface area contributed by atoms with Gasteiger partial charge in [-0.25, -0.2) is 0 Å². The summed E-state index contributed by atoms with van der Waals surface area (Å²) in [4.78, 5) is 0. The molecule has 20 heavy (non-hydrogen) atoms. The number of fused-ring (bicyclic) bond motifs is 2. The molecule has 3 atom stereocenters. The predicted octanol–water partition coefficient (Wildman–Crippen LogP) is 4.03. The number of nitrogens with one attached hydrogen (secondary N) is 1. The van der Waals surface area contributed by atoms with Crippen molar-refractivity contribution in [1.82, 2.24) is 5.32 Å². The van der Waals surface area contributed by atoms with E-state index in [1.807, 2.05) is 6.07 Å². The normalized spacial score (nSPS) is 31.8. The molecule has 0 aromatic heterocycles. The highest BCUT2D eigenvalue weighted by atomic mass is 79.9. The summed E-state index contributed by atoms with van der Waals surface area (Å²) in [5.41, 5.74) is 1.85. The van der Waals surface area contributed by atoms with Gasteiger partial charge >= 0.3 is 0 Å². The van der Waals surface area contributed by atoms with Gasteiger partial charge in [0.05, 0.1) is 7.11 Å². The number of ether oxygens (including phenoxy) is 1. The Kier molecular flexibility index (Phi) is 4.09. The van der Waals surface area contributed by atoms with Crippen LogP contribution in [-0.2, 0) is 6.42 Å². The number of methoxy groups -OCH3 is 1. The van der Waals surface area contributed by atoms with Crippen molar-refractivity contribution in [2.45, 2.75) is 32.1 Å². The maximum absolute atomic E-state index is 5.39. The van der Waals surface area contributed by atoms with Crippen molar-refractivity contribution < 1.29 is 4.74 Å². The molecule has 0 saturated heterocycles. The van der Waals surface area contributed by atoms with Gasteiger partial charge in [-0.3, -0.25) is 0 Å². The van der Waals surface area contributed by atoms with Crippen molar-refractivity contribution in [2.24, 2.45) is 17.3 Å². The Labute approximate surface area is 130 Å². The molecular weight excluding hydrogens is 314 g/mol. The highest BCUT2D eigenvalue weighted by Gasteiger charge is 2.50. The molecule has 2 aliphatic rings. The number of hydrogen-bond acceptors (Lipinski definition) is 2. The third kappa shape index (κ3) is 2.50. The van der Waals surface area contributed by atoms with Crippen molar-refractivity contribution in [1.29, 1.82) is 0 Å². The molecule has 1 aromatic rings. The summed E-state index contributed by atoms with van der Waals surface area (Å²) < 4.78 is 6.61. The van der Waals surface area contributed by atoms with Crippen LogP contribution in [0.4, 0.5) is 0 Å². The first-order chi connectivity index (χ1) is 9.66. The van der Waals surface area contributed by atoms with Gasteiger partial charge in [0.15, 0.2) is 0 Å². The van der Waals surface area contributed by atoms with Crippen LogP contribution < -0.4 is 10.1 Å². The van der Waals surface area contributed by atoms with Gasteiger partial charge in [0.25, 0.3) is 0 Å². The zero-order valence-electron chi connectivity index (χ0n) is 12.4. The second-order valence-electron chi connectivity index (χ2n) is 6.61. The van der Waals surface area contributed by atoms with Crippen LogP contribution in [0.1, 0.15) is 31.2 Å². The van der Waals surface area contributed by atoms with E-state index < -0.39 is 0 Å². The van der Waals surface area contributed by atoms with Crippen LogP contribution in [0.3, 0.4) is 0 Å². The topological polar surface area (TPSA) is 21.3 Å². The number of hydrogen-bond donors (Lipinski definition) is 1. The van der Waals surface area contributed by atoms with E-state index in [1.165, 1.54) is 35.7 Å². The summed E-state index contributed by atoms with van der Waals surface area (Å²) in [6, 6.07) is 6.35. The molecule has 2 bridgehead atoms. The zero-order valence-corrected chi connectivity index (χ0v) is 14.0. The lowest BCUT2D eigenvalue weighted by molar-refractivity contribution is 0.159. The average Bonchev–Trinajstić information content (AvgIpc) is 3.02. The van der Waals surface area contributed by atoms with Gasteiger partial charge in [-0.05, 0) is 73.7 Å². The fourth-order valence-electron chi connectivity index (χ4n) is 4.60. The van der Waals surface area contributed by atoms with Crippen LogP contribution in [0.15, 0.2) is 22.7 Å². The molecule has 1 aromatic carbocycles. The van der Waals surface area contributed by atoms with Crippen LogP contribution in [0.5, 0.6) is 5.75 Å². The predicted molar refractivity (Wildman–Crippen MR) is 86.2 cm³/mol. The van der Waals surface area contributed by atoms with E-state index in [4.69, 9.17) is 4.74 Å². The van der Waals surface area contributed by atoms with E-state index in [0.29, 0.717) is 5.41 Å². The third-order valence-electron chi connectivity index (χ3n) is 5.43. The largest absolute Gasteiger partial charge is 0.497 e. The number of halogens is 1. The summed E-state index contributed by atoms with van der Waals surface area (Å²) in [5, 5.41) is 3.46. The van der Waals surface area contributed by atoms with Crippen LogP contribution in [0.25, 0.3) is 0 Å². The standard InChI is InChI=1S/C17H24BrNO/c1-19-11-17(9-12-3-4-14(17)7-12)10-13-8-15(20-2)5-6-16(13)18/h5-6,8,12,14,19H,3-4,7,9-11H2,1-2H3. The molecule has 0 amide bonds. The number of rotatable bonds is 5.